The number of benzene rings is 8. The molecular weight excluding hydrogens is 685 g/mol. The van der Waals surface area contributed by atoms with Crippen molar-refractivity contribution in [1.82, 2.24) is 19.1 Å². The Balaban J connectivity index is 1.06. The van der Waals surface area contributed by atoms with Crippen molar-refractivity contribution in [3.05, 3.63) is 181 Å². The molecule has 258 valence electrons. The molecule has 0 unspecified atom stereocenters. The summed E-state index contributed by atoms with van der Waals surface area (Å²) in [6.45, 7) is 0. The van der Waals surface area contributed by atoms with Crippen LogP contribution in [0.2, 0.25) is 0 Å². The van der Waals surface area contributed by atoms with Gasteiger partial charge >= 0.3 is 0 Å². The van der Waals surface area contributed by atoms with Gasteiger partial charge in [-0.1, -0.05) is 133 Å². The minimum Gasteiger partial charge on any atom is -0.309 e. The molecule has 0 saturated heterocycles. The lowest BCUT2D eigenvalue weighted by atomic mass is 10.0. The fraction of sp³-hybridized carbons (Fsp3) is 0. The van der Waals surface area contributed by atoms with Crippen molar-refractivity contribution in [3.8, 4) is 46.0 Å². The van der Waals surface area contributed by atoms with Gasteiger partial charge in [0.1, 0.15) is 12.1 Å². The summed E-state index contributed by atoms with van der Waals surface area (Å²) in [4.78, 5) is 9.54. The standard InChI is InChI=1S/C50H28N6/c51-29-43-44(30-52)54-48(34-19-25-36(26-20-34)56-46-16-8-6-14-40(46)42-28-22-32-10-2-4-12-38(32)50(42)56)47(53-43)33-17-23-35(24-18-33)55-45-15-7-5-13-39(45)41-27-21-31-9-1-3-11-37(31)49(41)55/h1-28H. The molecule has 8 aromatic carbocycles. The summed E-state index contributed by atoms with van der Waals surface area (Å²) >= 11 is 0. The summed E-state index contributed by atoms with van der Waals surface area (Å²) < 4.78 is 4.64. The molecule has 0 radical (unpaired) electrons. The van der Waals surface area contributed by atoms with Gasteiger partial charge in [-0.05, 0) is 47.2 Å². The molecule has 0 spiro atoms. The number of rotatable bonds is 4. The van der Waals surface area contributed by atoms with Crippen LogP contribution >= 0.6 is 0 Å². The van der Waals surface area contributed by atoms with Crippen LogP contribution < -0.4 is 0 Å². The highest BCUT2D eigenvalue weighted by atomic mass is 15.0. The van der Waals surface area contributed by atoms with E-state index >= 15 is 0 Å². The average molecular weight is 713 g/mol. The first-order valence-electron chi connectivity index (χ1n) is 18.5. The van der Waals surface area contributed by atoms with E-state index < -0.39 is 0 Å². The van der Waals surface area contributed by atoms with Crippen LogP contribution in [0.3, 0.4) is 0 Å². The van der Waals surface area contributed by atoms with Crippen molar-refractivity contribution >= 4 is 65.2 Å². The van der Waals surface area contributed by atoms with E-state index in [1.54, 1.807) is 0 Å². The smallest absolute Gasteiger partial charge is 0.177 e. The van der Waals surface area contributed by atoms with Crippen LogP contribution in [0.1, 0.15) is 11.4 Å². The molecule has 11 rings (SSSR count). The summed E-state index contributed by atoms with van der Waals surface area (Å²) in [6, 6.07) is 63.4. The molecule has 3 aromatic heterocycles. The van der Waals surface area contributed by atoms with Gasteiger partial charge in [-0.25, -0.2) is 9.97 Å². The summed E-state index contributed by atoms with van der Waals surface area (Å²) in [5.41, 5.74) is 9.20. The number of hydrogen-bond donors (Lipinski definition) is 0. The van der Waals surface area contributed by atoms with Crippen molar-refractivity contribution in [2.24, 2.45) is 0 Å². The Bertz CT molecular complexity index is 3250. The van der Waals surface area contributed by atoms with Crippen LogP contribution in [-0.4, -0.2) is 19.1 Å². The van der Waals surface area contributed by atoms with E-state index in [4.69, 9.17) is 9.97 Å². The fourth-order valence-corrected chi connectivity index (χ4v) is 8.53. The lowest BCUT2D eigenvalue weighted by Gasteiger charge is -2.14. The number of aromatic nitrogens is 4. The second-order valence-electron chi connectivity index (χ2n) is 14.0. The Morgan fingerprint density at radius 2 is 0.732 bits per heavy atom. The highest BCUT2D eigenvalue weighted by molar-refractivity contribution is 6.19. The topological polar surface area (TPSA) is 83.2 Å². The molecule has 0 aliphatic rings. The molecule has 0 atom stereocenters. The normalized spacial score (nSPS) is 11.5. The van der Waals surface area contributed by atoms with Crippen molar-refractivity contribution < 1.29 is 0 Å². The first kappa shape index (κ1) is 31.5. The monoisotopic (exact) mass is 712 g/mol. The van der Waals surface area contributed by atoms with Crippen LogP contribution in [0.4, 0.5) is 0 Å². The van der Waals surface area contributed by atoms with Crippen LogP contribution in [0.15, 0.2) is 170 Å². The Labute approximate surface area is 321 Å². The first-order chi connectivity index (χ1) is 27.7. The summed E-state index contributed by atoms with van der Waals surface area (Å²) in [7, 11) is 0. The predicted octanol–water partition coefficient (Wildman–Crippen LogP) is 12.1. The maximum absolute atomic E-state index is 10.0. The lowest BCUT2D eigenvalue weighted by molar-refractivity contribution is 1.13. The summed E-state index contributed by atoms with van der Waals surface area (Å²) in [5.74, 6) is 0. The van der Waals surface area contributed by atoms with Gasteiger partial charge in [0, 0.05) is 54.8 Å². The number of nitrogens with zero attached hydrogens (tertiary/aromatic N) is 6. The van der Waals surface area contributed by atoms with Crippen LogP contribution in [-0.2, 0) is 0 Å². The van der Waals surface area contributed by atoms with E-state index in [1.165, 1.54) is 43.1 Å². The Kier molecular flexibility index (Phi) is 6.88. The van der Waals surface area contributed by atoms with Crippen LogP contribution in [0, 0.1) is 22.7 Å². The molecule has 0 aliphatic carbocycles. The third kappa shape index (κ3) is 4.61. The van der Waals surface area contributed by atoms with Gasteiger partial charge in [-0.2, -0.15) is 10.5 Å². The Morgan fingerprint density at radius 3 is 1.14 bits per heavy atom. The molecule has 0 fully saturated rings. The zero-order chi connectivity index (χ0) is 37.3. The zero-order valence-corrected chi connectivity index (χ0v) is 29.8. The van der Waals surface area contributed by atoms with E-state index in [9.17, 15) is 10.5 Å². The SMILES string of the molecule is N#Cc1nc(-c2ccc(-n3c4ccccc4c4ccc5ccccc5c43)cc2)c(-c2ccc(-n3c4ccccc4c4ccc5ccccc5c43)cc2)nc1C#N. The second-order valence-corrected chi connectivity index (χ2v) is 14.0. The van der Waals surface area contributed by atoms with Gasteiger partial charge in [0.05, 0.1) is 33.5 Å². The van der Waals surface area contributed by atoms with Gasteiger partial charge in [0.25, 0.3) is 0 Å². The van der Waals surface area contributed by atoms with Crippen LogP contribution in [0.25, 0.3) is 99.0 Å². The highest BCUT2D eigenvalue weighted by Crippen LogP contribution is 2.39. The van der Waals surface area contributed by atoms with Gasteiger partial charge in [0.15, 0.2) is 11.4 Å². The Morgan fingerprint density at radius 1 is 0.357 bits per heavy atom. The van der Waals surface area contributed by atoms with Gasteiger partial charge in [-0.15, -0.1) is 0 Å². The quantitative estimate of drug-likeness (QED) is 0.182. The number of para-hydroxylation sites is 2. The first-order valence-corrected chi connectivity index (χ1v) is 18.5. The molecule has 6 heteroatoms. The molecule has 11 aromatic rings. The molecule has 0 N–H and O–H groups in total. The van der Waals surface area contributed by atoms with E-state index in [-0.39, 0.29) is 11.4 Å². The summed E-state index contributed by atoms with van der Waals surface area (Å²) in [5, 5.41) is 29.5. The van der Waals surface area contributed by atoms with Gasteiger partial charge in [0.2, 0.25) is 0 Å². The average Bonchev–Trinajstić information content (AvgIpc) is 3.80. The Hall–Kier alpha value is -8.06. The van der Waals surface area contributed by atoms with Gasteiger partial charge in [-0.3, -0.25) is 0 Å². The van der Waals surface area contributed by atoms with E-state index in [0.29, 0.717) is 11.4 Å². The molecule has 0 aliphatic heterocycles. The third-order valence-corrected chi connectivity index (χ3v) is 11.0. The number of hydrogen-bond acceptors (Lipinski definition) is 4. The molecular formula is C50H28N6. The van der Waals surface area contributed by atoms with Crippen molar-refractivity contribution in [2.45, 2.75) is 0 Å². The zero-order valence-electron chi connectivity index (χ0n) is 29.8. The molecule has 0 amide bonds. The van der Waals surface area contributed by atoms with Crippen molar-refractivity contribution in [1.29, 1.82) is 10.5 Å². The van der Waals surface area contributed by atoms with E-state index in [0.717, 1.165) is 44.6 Å². The summed E-state index contributed by atoms with van der Waals surface area (Å²) in [6.07, 6.45) is 0. The molecule has 0 bridgehead atoms. The van der Waals surface area contributed by atoms with Gasteiger partial charge < -0.3 is 9.13 Å². The van der Waals surface area contributed by atoms with E-state index in [1.807, 2.05) is 24.3 Å². The molecule has 56 heavy (non-hydrogen) atoms. The highest BCUT2D eigenvalue weighted by Gasteiger charge is 2.20. The minimum atomic E-state index is -0.00188. The largest absolute Gasteiger partial charge is 0.309 e. The second kappa shape index (κ2) is 12.2. The third-order valence-electron chi connectivity index (χ3n) is 11.0. The minimum absolute atomic E-state index is 0.00188. The molecule has 3 heterocycles. The number of fused-ring (bicyclic) bond motifs is 10. The van der Waals surface area contributed by atoms with Crippen molar-refractivity contribution in [2.75, 3.05) is 0 Å². The number of nitriles is 2. The van der Waals surface area contributed by atoms with E-state index in [2.05, 4.69) is 167 Å². The van der Waals surface area contributed by atoms with Crippen LogP contribution in [0.5, 0.6) is 0 Å². The fourth-order valence-electron chi connectivity index (χ4n) is 8.53. The molecule has 0 saturated carbocycles. The van der Waals surface area contributed by atoms with Crippen molar-refractivity contribution in [3.63, 3.8) is 0 Å². The lowest BCUT2D eigenvalue weighted by Crippen LogP contribution is -2.02. The predicted molar refractivity (Wildman–Crippen MR) is 226 cm³/mol. The maximum atomic E-state index is 10.0. The maximum Gasteiger partial charge on any atom is 0.177 e. The molecule has 6 nitrogen and oxygen atoms in total.